The maximum atomic E-state index is 14.9. The first-order chi connectivity index (χ1) is 16.5. The second-order valence-electron chi connectivity index (χ2n) is 9.61. The minimum Gasteiger partial charge on any atom is -0.347 e. The molecule has 0 spiro atoms. The third kappa shape index (κ3) is 5.04. The Hall–Kier alpha value is -3.36. The second-order valence-corrected chi connectivity index (χ2v) is 9.61. The number of carbonyl (C=O) groups is 3. The highest BCUT2D eigenvalue weighted by molar-refractivity contribution is 6.00. The molecule has 1 aliphatic carbocycles. The van der Waals surface area contributed by atoms with Gasteiger partial charge >= 0.3 is 0 Å². The lowest BCUT2D eigenvalue weighted by Gasteiger charge is -2.27. The number of likely N-dealkylation sites (tertiary alicyclic amines) is 1. The fourth-order valence-corrected chi connectivity index (χ4v) is 4.68. The molecule has 2 unspecified atom stereocenters. The van der Waals surface area contributed by atoms with E-state index in [4.69, 9.17) is 0 Å². The van der Waals surface area contributed by atoms with Gasteiger partial charge in [-0.3, -0.25) is 14.4 Å². The Kier molecular flexibility index (Phi) is 6.62. The smallest absolute Gasteiger partial charge is 0.254 e. The van der Waals surface area contributed by atoms with E-state index in [0.29, 0.717) is 18.9 Å². The standard InChI is InChI=1S/C26H28F3N3O3/c1-14-4-5-15(2)32(14)24(34)17-6-7-21(22(29)12-17)16(3)30-25(35)26(8-9-26)31-23(33)18-10-19(27)13-20(28)11-18/h6-7,10-16H,4-5,8-9H2,1-3H3,(H,30,35)(H,31,33)/t14?,15?,16-/m1/s1. The Bertz CT molecular complexity index is 1150. The average molecular weight is 488 g/mol. The van der Waals surface area contributed by atoms with Crippen LogP contribution in [-0.2, 0) is 4.79 Å². The van der Waals surface area contributed by atoms with Crippen LogP contribution in [0.4, 0.5) is 13.2 Å². The van der Waals surface area contributed by atoms with Gasteiger partial charge < -0.3 is 15.5 Å². The van der Waals surface area contributed by atoms with Gasteiger partial charge in [-0.15, -0.1) is 0 Å². The van der Waals surface area contributed by atoms with Crippen molar-refractivity contribution in [2.24, 2.45) is 0 Å². The van der Waals surface area contributed by atoms with Crippen molar-refractivity contribution < 1.29 is 27.6 Å². The summed E-state index contributed by atoms with van der Waals surface area (Å²) in [5.41, 5.74) is -1.00. The quantitative estimate of drug-likeness (QED) is 0.639. The highest BCUT2D eigenvalue weighted by Crippen LogP contribution is 2.37. The van der Waals surface area contributed by atoms with Crippen molar-refractivity contribution in [2.45, 2.75) is 70.1 Å². The topological polar surface area (TPSA) is 78.5 Å². The minimum absolute atomic E-state index is 0.0901. The van der Waals surface area contributed by atoms with Gasteiger partial charge in [-0.25, -0.2) is 13.2 Å². The zero-order valence-corrected chi connectivity index (χ0v) is 19.8. The number of rotatable bonds is 6. The van der Waals surface area contributed by atoms with Crippen molar-refractivity contribution in [3.63, 3.8) is 0 Å². The van der Waals surface area contributed by atoms with E-state index in [1.54, 1.807) is 17.9 Å². The molecule has 1 saturated heterocycles. The number of nitrogens with one attached hydrogen (secondary N) is 2. The van der Waals surface area contributed by atoms with Crippen LogP contribution in [0, 0.1) is 17.5 Å². The van der Waals surface area contributed by atoms with Crippen molar-refractivity contribution in [1.82, 2.24) is 15.5 Å². The molecule has 2 aliphatic rings. The number of carbonyl (C=O) groups excluding carboxylic acids is 3. The van der Waals surface area contributed by atoms with Gasteiger partial charge in [0, 0.05) is 34.8 Å². The van der Waals surface area contributed by atoms with E-state index in [-0.39, 0.29) is 34.7 Å². The maximum absolute atomic E-state index is 14.9. The first kappa shape index (κ1) is 24.8. The summed E-state index contributed by atoms with van der Waals surface area (Å²) in [4.78, 5) is 40.0. The fraction of sp³-hybridized carbons (Fsp3) is 0.423. The summed E-state index contributed by atoms with van der Waals surface area (Å²) in [5.74, 6) is -3.93. The Balaban J connectivity index is 1.42. The molecular weight excluding hydrogens is 459 g/mol. The van der Waals surface area contributed by atoms with Crippen LogP contribution >= 0.6 is 0 Å². The molecule has 3 atom stereocenters. The number of halogens is 3. The average Bonchev–Trinajstić information content (AvgIpc) is 3.49. The fourth-order valence-electron chi connectivity index (χ4n) is 4.68. The molecule has 35 heavy (non-hydrogen) atoms. The molecule has 2 aromatic rings. The maximum Gasteiger partial charge on any atom is 0.254 e. The number of nitrogens with zero attached hydrogens (tertiary/aromatic N) is 1. The highest BCUT2D eigenvalue weighted by atomic mass is 19.1. The number of hydrogen-bond donors (Lipinski definition) is 2. The highest BCUT2D eigenvalue weighted by Gasteiger charge is 2.51. The Labute approximate surface area is 201 Å². The first-order valence-corrected chi connectivity index (χ1v) is 11.7. The van der Waals surface area contributed by atoms with Gasteiger partial charge in [-0.1, -0.05) is 6.07 Å². The molecule has 186 valence electrons. The molecule has 2 aromatic carbocycles. The summed E-state index contributed by atoms with van der Waals surface area (Å²) in [6.07, 6.45) is 2.50. The summed E-state index contributed by atoms with van der Waals surface area (Å²) in [5, 5.41) is 5.24. The largest absolute Gasteiger partial charge is 0.347 e. The SMILES string of the molecule is CC1CCC(C)N1C(=O)c1ccc([C@@H](C)NC(=O)C2(NC(=O)c3cc(F)cc(F)c3)CC2)c(F)c1. The molecular formula is C26H28F3N3O3. The Morgan fingerprint density at radius 1 is 0.943 bits per heavy atom. The van der Waals surface area contributed by atoms with E-state index in [9.17, 15) is 27.6 Å². The molecule has 4 rings (SSSR count). The van der Waals surface area contributed by atoms with E-state index >= 15 is 0 Å². The van der Waals surface area contributed by atoms with Crippen molar-refractivity contribution in [3.8, 4) is 0 Å². The van der Waals surface area contributed by atoms with E-state index in [1.165, 1.54) is 12.1 Å². The van der Waals surface area contributed by atoms with Crippen molar-refractivity contribution in [3.05, 3.63) is 70.5 Å². The van der Waals surface area contributed by atoms with Crippen molar-refractivity contribution in [2.75, 3.05) is 0 Å². The van der Waals surface area contributed by atoms with Crippen LogP contribution in [0.1, 0.15) is 78.8 Å². The van der Waals surface area contributed by atoms with Crippen molar-refractivity contribution in [1.29, 1.82) is 0 Å². The van der Waals surface area contributed by atoms with E-state index in [1.807, 2.05) is 13.8 Å². The van der Waals surface area contributed by atoms with Crippen LogP contribution in [0.25, 0.3) is 0 Å². The monoisotopic (exact) mass is 487 g/mol. The predicted molar refractivity (Wildman–Crippen MR) is 123 cm³/mol. The van der Waals surface area contributed by atoms with Crippen molar-refractivity contribution >= 4 is 17.7 Å². The Morgan fingerprint density at radius 3 is 2.09 bits per heavy atom. The predicted octanol–water partition coefficient (Wildman–Crippen LogP) is 4.26. The third-order valence-electron chi connectivity index (χ3n) is 6.91. The van der Waals surface area contributed by atoms with Gasteiger partial charge in [-0.2, -0.15) is 0 Å². The molecule has 1 aliphatic heterocycles. The third-order valence-corrected chi connectivity index (χ3v) is 6.91. The lowest BCUT2D eigenvalue weighted by molar-refractivity contribution is -0.124. The summed E-state index contributed by atoms with van der Waals surface area (Å²) >= 11 is 0. The van der Waals surface area contributed by atoms with Gasteiger partial charge in [0.1, 0.15) is 23.0 Å². The van der Waals surface area contributed by atoms with Gasteiger partial charge in [-0.05, 0) is 70.7 Å². The van der Waals surface area contributed by atoms with E-state index in [0.717, 1.165) is 25.0 Å². The first-order valence-electron chi connectivity index (χ1n) is 11.7. The van der Waals surface area contributed by atoms with Crippen LogP contribution in [0.5, 0.6) is 0 Å². The molecule has 0 radical (unpaired) electrons. The number of benzene rings is 2. The lowest BCUT2D eigenvalue weighted by Crippen LogP contribution is -2.49. The lowest BCUT2D eigenvalue weighted by atomic mass is 10.0. The van der Waals surface area contributed by atoms with Crippen LogP contribution in [-0.4, -0.2) is 40.2 Å². The zero-order chi connectivity index (χ0) is 25.5. The molecule has 9 heteroatoms. The van der Waals surface area contributed by atoms with Gasteiger partial charge in [0.2, 0.25) is 5.91 Å². The zero-order valence-electron chi connectivity index (χ0n) is 19.8. The van der Waals surface area contributed by atoms with Gasteiger partial charge in [0.15, 0.2) is 0 Å². The molecule has 0 aromatic heterocycles. The van der Waals surface area contributed by atoms with Gasteiger partial charge in [0.25, 0.3) is 11.8 Å². The minimum atomic E-state index is -1.22. The van der Waals surface area contributed by atoms with Crippen LogP contribution < -0.4 is 10.6 Å². The number of amides is 3. The molecule has 3 amide bonds. The summed E-state index contributed by atoms with van der Waals surface area (Å²) < 4.78 is 41.8. The summed E-state index contributed by atoms with van der Waals surface area (Å²) in [7, 11) is 0. The molecule has 2 N–H and O–H groups in total. The van der Waals surface area contributed by atoms with Gasteiger partial charge in [0.05, 0.1) is 6.04 Å². The molecule has 0 bridgehead atoms. The van der Waals surface area contributed by atoms with Crippen LogP contribution in [0.15, 0.2) is 36.4 Å². The molecule has 1 heterocycles. The number of hydrogen-bond acceptors (Lipinski definition) is 3. The van der Waals surface area contributed by atoms with Crippen LogP contribution in [0.3, 0.4) is 0 Å². The molecule has 2 fully saturated rings. The summed E-state index contributed by atoms with van der Waals surface area (Å²) in [6.45, 7) is 5.55. The normalized spacial score (nSPS) is 21.4. The molecule has 1 saturated carbocycles. The van der Waals surface area contributed by atoms with Crippen LogP contribution in [0.2, 0.25) is 0 Å². The molecule has 6 nitrogen and oxygen atoms in total. The summed E-state index contributed by atoms with van der Waals surface area (Å²) in [6, 6.07) is 6.08. The second kappa shape index (κ2) is 9.36. The van der Waals surface area contributed by atoms with E-state index in [2.05, 4.69) is 10.6 Å². The Morgan fingerprint density at radius 2 is 1.54 bits per heavy atom. The van der Waals surface area contributed by atoms with E-state index < -0.39 is 40.8 Å².